The molecule has 1 aromatic heterocycles. The van der Waals surface area contributed by atoms with Gasteiger partial charge in [-0.1, -0.05) is 46.7 Å². The van der Waals surface area contributed by atoms with E-state index in [1.807, 2.05) is 80.6 Å². The van der Waals surface area contributed by atoms with Gasteiger partial charge in [0.15, 0.2) is 0 Å². The number of rotatable bonds is 4. The van der Waals surface area contributed by atoms with Crippen LogP contribution in [-0.2, 0) is 4.79 Å². The van der Waals surface area contributed by atoms with E-state index < -0.39 is 0 Å². The Kier molecular flexibility index (Phi) is 5.60. The summed E-state index contributed by atoms with van der Waals surface area (Å²) in [4.78, 5) is 36.0. The second-order valence-electron chi connectivity index (χ2n) is 9.03. The minimum absolute atomic E-state index is 0.00187. The molecule has 0 saturated carbocycles. The summed E-state index contributed by atoms with van der Waals surface area (Å²) in [6.07, 6.45) is 0.333. The van der Waals surface area contributed by atoms with Crippen LogP contribution in [0.2, 0.25) is 0 Å². The third-order valence-corrected chi connectivity index (χ3v) is 7.79. The van der Waals surface area contributed by atoms with Crippen molar-refractivity contribution in [3.8, 4) is 11.4 Å². The molecule has 1 unspecified atom stereocenters. The van der Waals surface area contributed by atoms with Gasteiger partial charge in [-0.05, 0) is 56.3 Å². The molecule has 2 aliphatic heterocycles. The maximum Gasteiger partial charge on any atom is 0.259 e. The van der Waals surface area contributed by atoms with Crippen molar-refractivity contribution in [3.63, 3.8) is 0 Å². The molecular formula is C28H24N4O3S. The van der Waals surface area contributed by atoms with Gasteiger partial charge < -0.3 is 14.3 Å². The van der Waals surface area contributed by atoms with Gasteiger partial charge >= 0.3 is 0 Å². The van der Waals surface area contributed by atoms with Crippen LogP contribution in [0.15, 0.2) is 81.0 Å². The van der Waals surface area contributed by atoms with E-state index in [-0.39, 0.29) is 17.7 Å². The summed E-state index contributed by atoms with van der Waals surface area (Å²) < 4.78 is 5.63. The Morgan fingerprint density at radius 2 is 1.83 bits per heavy atom. The zero-order valence-corrected chi connectivity index (χ0v) is 20.8. The van der Waals surface area contributed by atoms with E-state index >= 15 is 0 Å². The average Bonchev–Trinajstić information content (AvgIpc) is 3.50. The summed E-state index contributed by atoms with van der Waals surface area (Å²) in [6.45, 7) is 5.08. The molecular weight excluding hydrogens is 472 g/mol. The van der Waals surface area contributed by atoms with Gasteiger partial charge in [0.05, 0.1) is 17.2 Å². The summed E-state index contributed by atoms with van der Waals surface area (Å²) in [5, 5.41) is 4.23. The van der Waals surface area contributed by atoms with E-state index in [1.165, 1.54) is 0 Å². The van der Waals surface area contributed by atoms with E-state index in [4.69, 9.17) is 4.52 Å². The maximum atomic E-state index is 13.1. The highest BCUT2D eigenvalue weighted by Crippen LogP contribution is 2.43. The maximum absolute atomic E-state index is 13.1. The first-order valence-corrected chi connectivity index (χ1v) is 12.8. The van der Waals surface area contributed by atoms with Crippen LogP contribution in [0.4, 0.5) is 11.4 Å². The van der Waals surface area contributed by atoms with E-state index in [0.717, 1.165) is 32.3 Å². The van der Waals surface area contributed by atoms with Crippen molar-refractivity contribution in [2.75, 3.05) is 22.9 Å². The smallest absolute Gasteiger partial charge is 0.259 e. The van der Waals surface area contributed by atoms with Gasteiger partial charge in [0, 0.05) is 40.6 Å². The second kappa shape index (κ2) is 8.95. The van der Waals surface area contributed by atoms with Crippen molar-refractivity contribution >= 4 is 35.0 Å². The van der Waals surface area contributed by atoms with Crippen molar-refractivity contribution in [1.82, 2.24) is 10.1 Å². The fraction of sp³-hybridized carbons (Fsp3) is 0.214. The number of carbonyl (C=O) groups excluding carboxylic acids is 2. The normalized spacial score (nSPS) is 17.2. The van der Waals surface area contributed by atoms with Crippen molar-refractivity contribution in [2.24, 2.45) is 0 Å². The van der Waals surface area contributed by atoms with Crippen molar-refractivity contribution in [1.29, 1.82) is 0 Å². The largest absolute Gasteiger partial charge is 0.339 e. The Morgan fingerprint density at radius 1 is 1.03 bits per heavy atom. The first kappa shape index (κ1) is 22.5. The zero-order valence-electron chi connectivity index (χ0n) is 20.0. The molecule has 8 heteroatoms. The molecule has 3 heterocycles. The zero-order chi connectivity index (χ0) is 24.8. The van der Waals surface area contributed by atoms with Gasteiger partial charge in [0.25, 0.3) is 5.91 Å². The molecule has 2 amide bonds. The summed E-state index contributed by atoms with van der Waals surface area (Å²) in [5.74, 6) is 0.828. The molecule has 0 aliphatic carbocycles. The number of nitrogens with zero attached hydrogens (tertiary/aromatic N) is 4. The molecule has 3 aromatic carbocycles. The number of hydrogen-bond donors (Lipinski definition) is 0. The quantitative estimate of drug-likeness (QED) is 0.361. The first-order valence-electron chi connectivity index (χ1n) is 12.0. The molecule has 1 fully saturated rings. The molecule has 0 radical (unpaired) electrons. The lowest BCUT2D eigenvalue weighted by atomic mass is 10.1. The Morgan fingerprint density at radius 3 is 2.64 bits per heavy atom. The molecule has 4 aromatic rings. The lowest BCUT2D eigenvalue weighted by molar-refractivity contribution is -0.117. The van der Waals surface area contributed by atoms with Crippen LogP contribution in [0.25, 0.3) is 11.4 Å². The minimum atomic E-state index is -0.157. The molecule has 180 valence electrons. The van der Waals surface area contributed by atoms with E-state index in [2.05, 4.69) is 10.1 Å². The van der Waals surface area contributed by atoms with Crippen LogP contribution in [0.1, 0.15) is 41.1 Å². The molecule has 1 atom stereocenters. The number of hydrogen-bond acceptors (Lipinski definition) is 6. The van der Waals surface area contributed by atoms with Crippen LogP contribution in [-0.4, -0.2) is 35.0 Å². The molecule has 0 N–H and O–H groups in total. The van der Waals surface area contributed by atoms with Gasteiger partial charge in [-0.2, -0.15) is 4.98 Å². The summed E-state index contributed by atoms with van der Waals surface area (Å²) in [7, 11) is 0. The average molecular weight is 497 g/mol. The molecule has 0 spiro atoms. The molecule has 36 heavy (non-hydrogen) atoms. The number of benzene rings is 3. The number of fused-ring (bicyclic) bond motifs is 2. The Bertz CT molecular complexity index is 1480. The first-order chi connectivity index (χ1) is 17.5. The highest BCUT2D eigenvalue weighted by atomic mass is 32.2. The van der Waals surface area contributed by atoms with Crippen molar-refractivity contribution < 1.29 is 14.1 Å². The molecule has 7 nitrogen and oxygen atoms in total. The SMILES string of the molecule is CCN1C(=O)c2ccccc2Sc2cc(-c3noc(C4CC(=O)N(c5ccc(C)cc5)C4)n3)ccc21. The predicted octanol–water partition coefficient (Wildman–Crippen LogP) is 5.70. The summed E-state index contributed by atoms with van der Waals surface area (Å²) in [6, 6.07) is 21.5. The lowest BCUT2D eigenvalue weighted by Gasteiger charge is -2.21. The van der Waals surface area contributed by atoms with Gasteiger partial charge in [-0.25, -0.2) is 0 Å². The van der Waals surface area contributed by atoms with Gasteiger partial charge in [0.2, 0.25) is 17.6 Å². The number of amides is 2. The molecule has 6 rings (SSSR count). The van der Waals surface area contributed by atoms with Crippen molar-refractivity contribution in [3.05, 3.63) is 83.7 Å². The molecule has 0 bridgehead atoms. The van der Waals surface area contributed by atoms with Gasteiger partial charge in [-0.3, -0.25) is 9.59 Å². The van der Waals surface area contributed by atoms with Crippen LogP contribution in [0, 0.1) is 6.92 Å². The van der Waals surface area contributed by atoms with Gasteiger partial charge in [-0.15, -0.1) is 0 Å². The topological polar surface area (TPSA) is 79.5 Å². The van der Waals surface area contributed by atoms with E-state index in [1.54, 1.807) is 21.6 Å². The predicted molar refractivity (Wildman–Crippen MR) is 139 cm³/mol. The fourth-order valence-corrected chi connectivity index (χ4v) is 5.86. The third-order valence-electron chi connectivity index (χ3n) is 6.67. The van der Waals surface area contributed by atoms with Crippen LogP contribution >= 0.6 is 11.8 Å². The number of aryl methyl sites for hydroxylation is 1. The third kappa shape index (κ3) is 3.87. The monoisotopic (exact) mass is 496 g/mol. The van der Waals surface area contributed by atoms with Gasteiger partial charge in [0.1, 0.15) is 0 Å². The van der Waals surface area contributed by atoms with E-state index in [9.17, 15) is 9.59 Å². The summed E-state index contributed by atoms with van der Waals surface area (Å²) in [5.41, 5.74) is 4.40. The lowest BCUT2D eigenvalue weighted by Crippen LogP contribution is -2.30. The Labute approximate surface area is 213 Å². The standard InChI is InChI=1S/C28H24N4O3S/c1-3-31-22-13-10-18(14-24(22)36-23-7-5-4-6-21(23)28(31)34)26-29-27(35-30-26)19-15-25(33)32(16-19)20-11-8-17(2)9-12-20/h4-14,19H,3,15-16H2,1-2H3. The fourth-order valence-electron chi connectivity index (χ4n) is 4.74. The molecule has 1 saturated heterocycles. The minimum Gasteiger partial charge on any atom is -0.339 e. The van der Waals surface area contributed by atoms with Crippen LogP contribution < -0.4 is 9.80 Å². The Hall–Kier alpha value is -3.91. The highest BCUT2D eigenvalue weighted by Gasteiger charge is 2.35. The van der Waals surface area contributed by atoms with Crippen LogP contribution in [0.3, 0.4) is 0 Å². The second-order valence-corrected chi connectivity index (χ2v) is 10.1. The molecule has 2 aliphatic rings. The van der Waals surface area contributed by atoms with E-state index in [0.29, 0.717) is 36.8 Å². The number of carbonyl (C=O) groups is 2. The number of anilines is 2. The highest BCUT2D eigenvalue weighted by molar-refractivity contribution is 7.99. The Balaban J connectivity index is 1.28. The van der Waals surface area contributed by atoms with Crippen molar-refractivity contribution in [2.45, 2.75) is 36.0 Å². The van der Waals surface area contributed by atoms with Crippen LogP contribution in [0.5, 0.6) is 0 Å². The number of aromatic nitrogens is 2. The summed E-state index contributed by atoms with van der Waals surface area (Å²) >= 11 is 1.57.